The van der Waals surface area contributed by atoms with Crippen molar-refractivity contribution < 1.29 is 9.18 Å². The summed E-state index contributed by atoms with van der Waals surface area (Å²) >= 11 is 11.6. The molecule has 5 heteroatoms. The number of carbonyl (C=O) groups excluding carboxylic acids is 1. The van der Waals surface area contributed by atoms with Crippen LogP contribution in [-0.4, -0.2) is 12.5 Å². The first-order valence-electron chi connectivity index (χ1n) is 4.43. The molecule has 0 spiro atoms. The van der Waals surface area contributed by atoms with Gasteiger partial charge in [0, 0.05) is 17.1 Å². The highest BCUT2D eigenvalue weighted by Gasteiger charge is 2.22. The summed E-state index contributed by atoms with van der Waals surface area (Å²) in [6, 6.07) is 4.17. The Balaban J connectivity index is 3.00. The zero-order valence-electron chi connectivity index (χ0n) is 8.06. The summed E-state index contributed by atoms with van der Waals surface area (Å²) in [6.07, 6.45) is 0. The van der Waals surface area contributed by atoms with Gasteiger partial charge in [0.25, 0.3) is 0 Å². The molecular weight excluding hydrogens is 240 g/mol. The van der Waals surface area contributed by atoms with Crippen LogP contribution >= 0.6 is 23.2 Å². The van der Waals surface area contributed by atoms with E-state index in [1.807, 2.05) is 0 Å². The maximum atomic E-state index is 13.4. The number of nitrogens with one attached hydrogen (secondary N) is 1. The van der Waals surface area contributed by atoms with E-state index < -0.39 is 17.1 Å². The number of hydrogen-bond donors (Lipinski definition) is 1. The first-order chi connectivity index (χ1) is 7.07. The number of halogens is 3. The van der Waals surface area contributed by atoms with E-state index in [0.717, 1.165) is 0 Å². The van der Waals surface area contributed by atoms with Gasteiger partial charge in [0.1, 0.15) is 11.2 Å². The van der Waals surface area contributed by atoms with Crippen molar-refractivity contribution in [3.63, 3.8) is 0 Å². The topological polar surface area (TPSA) is 29.1 Å². The monoisotopic (exact) mass is 249 g/mol. The highest BCUT2D eigenvalue weighted by molar-refractivity contribution is 6.35. The summed E-state index contributed by atoms with van der Waals surface area (Å²) < 4.78 is 13.4. The molecule has 0 heterocycles. The maximum Gasteiger partial charge on any atom is 0.242 e. The van der Waals surface area contributed by atoms with Crippen LogP contribution < -0.4 is 5.32 Å². The highest BCUT2D eigenvalue weighted by atomic mass is 35.5. The molecule has 0 aliphatic carbocycles. The maximum absolute atomic E-state index is 13.4. The van der Waals surface area contributed by atoms with Crippen molar-refractivity contribution >= 4 is 29.1 Å². The summed E-state index contributed by atoms with van der Waals surface area (Å²) in [5, 5.41) is 1.56. The van der Waals surface area contributed by atoms with Gasteiger partial charge in [-0.2, -0.15) is 0 Å². The van der Waals surface area contributed by atoms with Gasteiger partial charge in [-0.05, 0) is 19.1 Å². The fraction of sp³-hybridized carbons (Fsp3) is 0.300. The molecule has 82 valence electrons. The number of alkyl halides is 1. The van der Waals surface area contributed by atoms with E-state index in [-0.39, 0.29) is 10.6 Å². The van der Waals surface area contributed by atoms with Crippen LogP contribution in [0.5, 0.6) is 0 Å². The molecule has 1 aromatic carbocycles. The number of likely N-dealkylation sites (N-methyl/N-ethyl adjacent to an activating group) is 1. The van der Waals surface area contributed by atoms with E-state index >= 15 is 0 Å². The van der Waals surface area contributed by atoms with E-state index in [0.29, 0.717) is 6.54 Å². The molecule has 0 saturated carbocycles. The average molecular weight is 250 g/mol. The van der Waals surface area contributed by atoms with Gasteiger partial charge in [-0.15, -0.1) is 11.6 Å². The van der Waals surface area contributed by atoms with E-state index in [2.05, 4.69) is 5.32 Å². The van der Waals surface area contributed by atoms with Crippen LogP contribution in [0.2, 0.25) is 5.02 Å². The van der Waals surface area contributed by atoms with Gasteiger partial charge in [0.2, 0.25) is 5.91 Å². The molecule has 0 saturated heterocycles. The van der Waals surface area contributed by atoms with Gasteiger partial charge in [-0.25, -0.2) is 4.39 Å². The van der Waals surface area contributed by atoms with Crippen molar-refractivity contribution in [2.75, 3.05) is 6.54 Å². The molecule has 0 fully saturated rings. The van der Waals surface area contributed by atoms with Gasteiger partial charge >= 0.3 is 0 Å². The van der Waals surface area contributed by atoms with Crippen LogP contribution in [0.15, 0.2) is 18.2 Å². The number of carbonyl (C=O) groups is 1. The summed E-state index contributed by atoms with van der Waals surface area (Å²) in [4.78, 5) is 11.4. The average Bonchev–Trinajstić information content (AvgIpc) is 2.17. The first-order valence-corrected chi connectivity index (χ1v) is 5.25. The molecule has 1 aromatic rings. The standard InChI is InChI=1S/C10H10Cl2FNO/c1-2-14-10(15)9(12)8-6(11)4-3-5-7(8)13/h3-5,9H,2H2,1H3,(H,14,15). The Bertz CT molecular complexity index is 350. The minimum absolute atomic E-state index is 0.0202. The van der Waals surface area contributed by atoms with E-state index in [4.69, 9.17) is 23.2 Å². The van der Waals surface area contributed by atoms with Crippen molar-refractivity contribution in [2.45, 2.75) is 12.3 Å². The lowest BCUT2D eigenvalue weighted by Gasteiger charge is -2.11. The summed E-state index contributed by atoms with van der Waals surface area (Å²) in [6.45, 7) is 2.19. The second kappa shape index (κ2) is 5.33. The van der Waals surface area contributed by atoms with Crippen molar-refractivity contribution in [3.05, 3.63) is 34.6 Å². The Hall–Kier alpha value is -0.800. The molecule has 0 bridgehead atoms. The normalized spacial score (nSPS) is 12.3. The second-order valence-corrected chi connectivity index (χ2v) is 3.74. The minimum atomic E-state index is -1.10. The van der Waals surface area contributed by atoms with Crippen LogP contribution in [-0.2, 0) is 4.79 Å². The first kappa shape index (κ1) is 12.3. The second-order valence-electron chi connectivity index (χ2n) is 2.89. The van der Waals surface area contributed by atoms with Gasteiger partial charge < -0.3 is 5.32 Å². The molecule has 0 aliphatic heterocycles. The Kier molecular flexibility index (Phi) is 4.36. The highest BCUT2D eigenvalue weighted by Crippen LogP contribution is 2.30. The molecule has 0 radical (unpaired) electrons. The minimum Gasteiger partial charge on any atom is -0.355 e. The van der Waals surface area contributed by atoms with Crippen molar-refractivity contribution in [2.24, 2.45) is 0 Å². The number of amides is 1. The zero-order valence-corrected chi connectivity index (χ0v) is 9.57. The van der Waals surface area contributed by atoms with Crippen molar-refractivity contribution in [1.82, 2.24) is 5.32 Å². The Labute approximate surface area is 97.4 Å². The van der Waals surface area contributed by atoms with Crippen molar-refractivity contribution in [3.8, 4) is 0 Å². The van der Waals surface area contributed by atoms with Crippen LogP contribution in [0.1, 0.15) is 17.9 Å². The molecule has 1 N–H and O–H groups in total. The predicted octanol–water partition coefficient (Wildman–Crippen LogP) is 2.90. The summed E-state index contributed by atoms with van der Waals surface area (Å²) in [5.74, 6) is -1.03. The molecule has 1 rings (SSSR count). The van der Waals surface area contributed by atoms with Crippen LogP contribution in [0.4, 0.5) is 4.39 Å². The van der Waals surface area contributed by atoms with Gasteiger partial charge in [-0.1, -0.05) is 17.7 Å². The molecule has 2 nitrogen and oxygen atoms in total. The molecule has 0 aliphatic rings. The van der Waals surface area contributed by atoms with Gasteiger partial charge in [0.05, 0.1) is 0 Å². The van der Waals surface area contributed by atoms with Gasteiger partial charge in [-0.3, -0.25) is 4.79 Å². The van der Waals surface area contributed by atoms with E-state index in [9.17, 15) is 9.18 Å². The number of benzene rings is 1. The van der Waals surface area contributed by atoms with Crippen LogP contribution in [0, 0.1) is 5.82 Å². The van der Waals surface area contributed by atoms with E-state index in [1.54, 1.807) is 6.92 Å². The molecule has 1 amide bonds. The Morgan fingerprint density at radius 3 is 2.80 bits per heavy atom. The van der Waals surface area contributed by atoms with Crippen LogP contribution in [0.3, 0.4) is 0 Å². The summed E-state index contributed by atoms with van der Waals surface area (Å²) in [5.41, 5.74) is 0.0202. The van der Waals surface area contributed by atoms with Crippen LogP contribution in [0.25, 0.3) is 0 Å². The number of hydrogen-bond acceptors (Lipinski definition) is 1. The lowest BCUT2D eigenvalue weighted by atomic mass is 10.1. The quantitative estimate of drug-likeness (QED) is 0.821. The SMILES string of the molecule is CCNC(=O)C(Cl)c1c(F)cccc1Cl. The molecule has 1 atom stereocenters. The zero-order chi connectivity index (χ0) is 11.4. The van der Waals surface area contributed by atoms with Crippen molar-refractivity contribution in [1.29, 1.82) is 0 Å². The third kappa shape index (κ3) is 2.83. The lowest BCUT2D eigenvalue weighted by Crippen LogP contribution is -2.27. The fourth-order valence-corrected chi connectivity index (χ4v) is 1.77. The fourth-order valence-electron chi connectivity index (χ4n) is 1.15. The largest absolute Gasteiger partial charge is 0.355 e. The predicted molar refractivity (Wildman–Crippen MR) is 58.7 cm³/mol. The third-order valence-electron chi connectivity index (χ3n) is 1.83. The lowest BCUT2D eigenvalue weighted by molar-refractivity contribution is -0.120. The Morgan fingerprint density at radius 1 is 1.60 bits per heavy atom. The van der Waals surface area contributed by atoms with E-state index in [1.165, 1.54) is 18.2 Å². The molecule has 15 heavy (non-hydrogen) atoms. The van der Waals surface area contributed by atoms with Gasteiger partial charge in [0.15, 0.2) is 0 Å². The molecular formula is C10H10Cl2FNO. The number of rotatable bonds is 3. The smallest absolute Gasteiger partial charge is 0.242 e. The molecule has 1 unspecified atom stereocenters. The third-order valence-corrected chi connectivity index (χ3v) is 2.58. The Morgan fingerprint density at radius 2 is 2.27 bits per heavy atom. The summed E-state index contributed by atoms with van der Waals surface area (Å²) in [7, 11) is 0. The molecule has 0 aromatic heterocycles.